The molecule has 0 saturated heterocycles. The van der Waals surface area contributed by atoms with E-state index in [1.54, 1.807) is 6.92 Å². The lowest BCUT2D eigenvalue weighted by molar-refractivity contribution is -0.174. The van der Waals surface area contributed by atoms with Crippen LogP contribution in [0.5, 0.6) is 0 Å². The van der Waals surface area contributed by atoms with Crippen LogP contribution in [-0.4, -0.2) is 18.1 Å². The third-order valence-corrected chi connectivity index (χ3v) is 2.55. The summed E-state index contributed by atoms with van der Waals surface area (Å²) < 4.78 is 35.5. The zero-order chi connectivity index (χ0) is 10.8. The number of amides is 1. The highest BCUT2D eigenvalue weighted by atomic mass is 19.4. The van der Waals surface area contributed by atoms with Crippen molar-refractivity contribution < 1.29 is 18.0 Å². The Morgan fingerprint density at radius 1 is 1.50 bits per heavy atom. The molecule has 0 aromatic heterocycles. The minimum Gasteiger partial charge on any atom is -0.346 e. The number of rotatable bonds is 3. The molecule has 0 aromatic carbocycles. The SMILES string of the molecule is CC(CC1CCC1)NC(=O)C(F)(F)F. The van der Waals surface area contributed by atoms with Crippen molar-refractivity contribution in [3.63, 3.8) is 0 Å². The molecule has 1 atom stereocenters. The molecule has 5 heteroatoms. The molecule has 1 saturated carbocycles. The van der Waals surface area contributed by atoms with Gasteiger partial charge in [0.05, 0.1) is 0 Å². The quantitative estimate of drug-likeness (QED) is 0.758. The maximum absolute atomic E-state index is 11.8. The van der Waals surface area contributed by atoms with Crippen LogP contribution in [0.4, 0.5) is 13.2 Å². The van der Waals surface area contributed by atoms with Gasteiger partial charge in [-0.1, -0.05) is 19.3 Å². The van der Waals surface area contributed by atoms with Crippen LogP contribution in [0.15, 0.2) is 0 Å². The van der Waals surface area contributed by atoms with Gasteiger partial charge in [-0.05, 0) is 19.3 Å². The number of halogens is 3. The molecule has 1 rings (SSSR count). The molecule has 1 fully saturated rings. The second-order valence-electron chi connectivity index (χ2n) is 3.90. The Labute approximate surface area is 80.9 Å². The third-order valence-electron chi connectivity index (χ3n) is 2.55. The molecule has 1 aliphatic carbocycles. The Kier molecular flexibility index (Phi) is 3.39. The van der Waals surface area contributed by atoms with Crippen LogP contribution in [-0.2, 0) is 4.79 Å². The lowest BCUT2D eigenvalue weighted by atomic mass is 9.81. The van der Waals surface area contributed by atoms with E-state index in [2.05, 4.69) is 0 Å². The molecule has 0 aromatic rings. The maximum Gasteiger partial charge on any atom is 0.471 e. The molecule has 0 heterocycles. The molecule has 1 N–H and O–H groups in total. The van der Waals surface area contributed by atoms with Crippen molar-refractivity contribution in [3.05, 3.63) is 0 Å². The first-order chi connectivity index (χ1) is 6.39. The molecule has 1 amide bonds. The topological polar surface area (TPSA) is 29.1 Å². The number of hydrogen-bond acceptors (Lipinski definition) is 1. The van der Waals surface area contributed by atoms with Gasteiger partial charge in [0.1, 0.15) is 0 Å². The number of carbonyl (C=O) groups is 1. The summed E-state index contributed by atoms with van der Waals surface area (Å²) >= 11 is 0. The summed E-state index contributed by atoms with van der Waals surface area (Å²) in [4.78, 5) is 10.5. The lowest BCUT2D eigenvalue weighted by Crippen LogP contribution is -2.42. The fraction of sp³-hybridized carbons (Fsp3) is 0.889. The van der Waals surface area contributed by atoms with E-state index in [-0.39, 0.29) is 6.04 Å². The van der Waals surface area contributed by atoms with E-state index in [1.165, 1.54) is 0 Å². The van der Waals surface area contributed by atoms with E-state index in [0.717, 1.165) is 19.3 Å². The number of alkyl halides is 3. The summed E-state index contributed by atoms with van der Waals surface area (Å²) in [5.41, 5.74) is 0. The molecule has 0 spiro atoms. The van der Waals surface area contributed by atoms with Gasteiger partial charge in [0, 0.05) is 6.04 Å². The molecular formula is C9H14F3NO. The molecule has 82 valence electrons. The van der Waals surface area contributed by atoms with Gasteiger partial charge < -0.3 is 5.32 Å². The standard InChI is InChI=1S/C9H14F3NO/c1-6(5-7-3-2-4-7)13-8(14)9(10,11)12/h6-7H,2-5H2,1H3,(H,13,14). The van der Waals surface area contributed by atoms with Crippen molar-refractivity contribution in [1.29, 1.82) is 0 Å². The highest BCUT2D eigenvalue weighted by molar-refractivity contribution is 5.81. The highest BCUT2D eigenvalue weighted by Gasteiger charge is 2.39. The molecule has 0 bridgehead atoms. The van der Waals surface area contributed by atoms with Crippen LogP contribution in [0.3, 0.4) is 0 Å². The van der Waals surface area contributed by atoms with Crippen LogP contribution in [0.1, 0.15) is 32.6 Å². The predicted molar refractivity (Wildman–Crippen MR) is 45.6 cm³/mol. The summed E-state index contributed by atoms with van der Waals surface area (Å²) in [7, 11) is 0. The smallest absolute Gasteiger partial charge is 0.346 e. The Balaban J connectivity index is 2.25. The molecule has 2 nitrogen and oxygen atoms in total. The fourth-order valence-electron chi connectivity index (χ4n) is 1.59. The maximum atomic E-state index is 11.8. The van der Waals surface area contributed by atoms with Crippen LogP contribution in [0.2, 0.25) is 0 Å². The first-order valence-electron chi connectivity index (χ1n) is 4.77. The number of hydrogen-bond donors (Lipinski definition) is 1. The van der Waals surface area contributed by atoms with Crippen molar-refractivity contribution in [2.24, 2.45) is 5.92 Å². The molecule has 0 radical (unpaired) electrons. The van der Waals surface area contributed by atoms with E-state index in [1.807, 2.05) is 5.32 Å². The molecule has 14 heavy (non-hydrogen) atoms. The summed E-state index contributed by atoms with van der Waals surface area (Å²) in [5.74, 6) is -1.33. The van der Waals surface area contributed by atoms with Crippen LogP contribution < -0.4 is 5.32 Å². The largest absolute Gasteiger partial charge is 0.471 e. The highest BCUT2D eigenvalue weighted by Crippen LogP contribution is 2.30. The first kappa shape index (κ1) is 11.3. The first-order valence-corrected chi connectivity index (χ1v) is 4.77. The molecule has 0 aliphatic heterocycles. The monoisotopic (exact) mass is 209 g/mol. The minimum atomic E-state index is -4.76. The van der Waals surface area contributed by atoms with Crippen LogP contribution in [0, 0.1) is 5.92 Å². The predicted octanol–water partition coefficient (Wildman–Crippen LogP) is 2.24. The van der Waals surface area contributed by atoms with Gasteiger partial charge in [-0.25, -0.2) is 0 Å². The van der Waals surface area contributed by atoms with Crippen molar-refractivity contribution in [3.8, 4) is 0 Å². The lowest BCUT2D eigenvalue weighted by Gasteiger charge is -2.28. The summed E-state index contributed by atoms with van der Waals surface area (Å²) in [6.45, 7) is 1.61. The van der Waals surface area contributed by atoms with E-state index in [4.69, 9.17) is 0 Å². The zero-order valence-corrected chi connectivity index (χ0v) is 8.03. The number of nitrogens with one attached hydrogen (secondary N) is 1. The van der Waals surface area contributed by atoms with Crippen molar-refractivity contribution in [2.75, 3.05) is 0 Å². The van der Waals surface area contributed by atoms with Gasteiger partial charge in [-0.15, -0.1) is 0 Å². The van der Waals surface area contributed by atoms with E-state index < -0.39 is 12.1 Å². The Morgan fingerprint density at radius 2 is 2.07 bits per heavy atom. The number of carbonyl (C=O) groups excluding carboxylic acids is 1. The minimum absolute atomic E-state index is 0.380. The fourth-order valence-corrected chi connectivity index (χ4v) is 1.59. The van der Waals surface area contributed by atoms with Crippen LogP contribution in [0.25, 0.3) is 0 Å². The van der Waals surface area contributed by atoms with Gasteiger partial charge >= 0.3 is 12.1 Å². The Morgan fingerprint density at radius 3 is 2.43 bits per heavy atom. The summed E-state index contributed by atoms with van der Waals surface area (Å²) in [6.07, 6.45) is -0.793. The van der Waals surface area contributed by atoms with Crippen molar-refractivity contribution >= 4 is 5.91 Å². The Bertz CT molecular complexity index is 211. The third kappa shape index (κ3) is 3.20. The van der Waals surface area contributed by atoms with Gasteiger partial charge in [0.25, 0.3) is 0 Å². The van der Waals surface area contributed by atoms with E-state index >= 15 is 0 Å². The second-order valence-corrected chi connectivity index (χ2v) is 3.90. The van der Waals surface area contributed by atoms with Gasteiger partial charge in [0.15, 0.2) is 0 Å². The molecular weight excluding hydrogens is 195 g/mol. The van der Waals surface area contributed by atoms with Crippen molar-refractivity contribution in [1.82, 2.24) is 5.32 Å². The van der Waals surface area contributed by atoms with Crippen molar-refractivity contribution in [2.45, 2.75) is 44.8 Å². The second kappa shape index (κ2) is 4.19. The normalized spacial score (nSPS) is 20.0. The van der Waals surface area contributed by atoms with Gasteiger partial charge in [-0.3, -0.25) is 4.79 Å². The van der Waals surface area contributed by atoms with Gasteiger partial charge in [0.2, 0.25) is 0 Å². The summed E-state index contributed by atoms with van der Waals surface area (Å²) in [5, 5.41) is 1.96. The van der Waals surface area contributed by atoms with E-state index in [0.29, 0.717) is 12.3 Å². The van der Waals surface area contributed by atoms with Crippen LogP contribution >= 0.6 is 0 Å². The zero-order valence-electron chi connectivity index (χ0n) is 8.03. The summed E-state index contributed by atoms with van der Waals surface area (Å²) in [6, 6.07) is -0.380. The average Bonchev–Trinajstić information content (AvgIpc) is 1.95. The molecule has 1 aliphatic rings. The van der Waals surface area contributed by atoms with Gasteiger partial charge in [-0.2, -0.15) is 13.2 Å². The Hall–Kier alpha value is -0.740. The van der Waals surface area contributed by atoms with E-state index in [9.17, 15) is 18.0 Å². The molecule has 1 unspecified atom stereocenters. The average molecular weight is 209 g/mol.